The zero-order valence-corrected chi connectivity index (χ0v) is 16.7. The molecular formula is C23H23N2O4+. The molecule has 0 unspecified atom stereocenters. The van der Waals surface area contributed by atoms with Crippen molar-refractivity contribution in [1.29, 1.82) is 0 Å². The summed E-state index contributed by atoms with van der Waals surface area (Å²) in [6.07, 6.45) is 5.44. The number of rotatable bonds is 5. The lowest BCUT2D eigenvalue weighted by atomic mass is 10.2. The third-order valence-corrected chi connectivity index (χ3v) is 4.86. The number of benzene rings is 2. The van der Waals surface area contributed by atoms with Gasteiger partial charge in [0.05, 0.1) is 11.8 Å². The topological polar surface area (TPSA) is 66.8 Å². The van der Waals surface area contributed by atoms with E-state index in [1.807, 2.05) is 49.4 Å². The molecule has 0 saturated heterocycles. The van der Waals surface area contributed by atoms with Crippen LogP contribution in [0.3, 0.4) is 0 Å². The van der Waals surface area contributed by atoms with Gasteiger partial charge in [-0.25, -0.2) is 4.79 Å². The quantitative estimate of drug-likeness (QED) is 0.661. The first kappa shape index (κ1) is 18.8. The van der Waals surface area contributed by atoms with E-state index in [0.717, 1.165) is 34.9 Å². The molecular weight excluding hydrogens is 368 g/mol. The fourth-order valence-electron chi connectivity index (χ4n) is 3.51. The Kier molecular flexibility index (Phi) is 4.84. The standard InChI is InChI=1S/C23H22N2O4/c1-4-24-17-12-15(2)8-10-19(17)28-21(24)6-5-7-22-25(14-23(26)27)18-13-16(3)9-11-20(18)29-22/h5-13H,4,14H2,1-3H3/p+1. The van der Waals surface area contributed by atoms with Gasteiger partial charge in [-0.3, -0.25) is 0 Å². The first-order valence-electron chi connectivity index (χ1n) is 9.55. The summed E-state index contributed by atoms with van der Waals surface area (Å²) >= 11 is 0. The van der Waals surface area contributed by atoms with Crippen LogP contribution in [0.4, 0.5) is 5.69 Å². The SMILES string of the molecule is CCN1C(=CC=Cc2oc3ccc(C)cc3[n+]2CC(=O)O)Oc2ccc(C)cc21. The Labute approximate surface area is 168 Å². The Bertz CT molecular complexity index is 1160. The van der Waals surface area contributed by atoms with Crippen molar-refractivity contribution in [2.45, 2.75) is 27.3 Å². The molecule has 0 aliphatic carbocycles. The highest BCUT2D eigenvalue weighted by atomic mass is 16.5. The Morgan fingerprint density at radius 1 is 1.17 bits per heavy atom. The maximum Gasteiger partial charge on any atom is 0.374 e. The molecule has 1 aliphatic rings. The van der Waals surface area contributed by atoms with Crippen molar-refractivity contribution in [3.63, 3.8) is 0 Å². The van der Waals surface area contributed by atoms with Crippen LogP contribution in [0.25, 0.3) is 17.2 Å². The van der Waals surface area contributed by atoms with Gasteiger partial charge in [0.15, 0.2) is 5.75 Å². The molecule has 0 bridgehead atoms. The highest BCUT2D eigenvalue weighted by Crippen LogP contribution is 2.39. The molecule has 2 aromatic carbocycles. The van der Waals surface area contributed by atoms with Gasteiger partial charge in [-0.05, 0) is 62.2 Å². The van der Waals surface area contributed by atoms with E-state index in [0.29, 0.717) is 11.5 Å². The van der Waals surface area contributed by atoms with Gasteiger partial charge >= 0.3 is 11.9 Å². The number of nitrogens with zero attached hydrogens (tertiary/aromatic N) is 2. The summed E-state index contributed by atoms with van der Waals surface area (Å²) in [6, 6.07) is 11.8. The molecule has 1 aliphatic heterocycles. The maximum absolute atomic E-state index is 11.3. The van der Waals surface area contributed by atoms with Crippen LogP contribution >= 0.6 is 0 Å². The number of aliphatic carboxylic acids is 1. The maximum atomic E-state index is 11.3. The molecule has 4 rings (SSSR count). The van der Waals surface area contributed by atoms with E-state index in [2.05, 4.69) is 24.8 Å². The van der Waals surface area contributed by atoms with E-state index in [4.69, 9.17) is 9.15 Å². The molecule has 0 amide bonds. The second-order valence-corrected chi connectivity index (χ2v) is 7.07. The van der Waals surface area contributed by atoms with Gasteiger partial charge in [0.1, 0.15) is 0 Å². The van der Waals surface area contributed by atoms with Gasteiger partial charge in [-0.15, -0.1) is 4.57 Å². The molecule has 0 radical (unpaired) electrons. The number of carboxylic acids is 1. The van der Waals surface area contributed by atoms with Crippen LogP contribution in [-0.2, 0) is 11.3 Å². The van der Waals surface area contributed by atoms with E-state index in [1.54, 1.807) is 10.6 Å². The number of allylic oxidation sites excluding steroid dienone is 2. The minimum absolute atomic E-state index is 0.172. The second-order valence-electron chi connectivity index (χ2n) is 7.07. The first-order valence-corrected chi connectivity index (χ1v) is 9.55. The molecule has 1 N–H and O–H groups in total. The Morgan fingerprint density at radius 3 is 2.69 bits per heavy atom. The number of aromatic nitrogens is 1. The average Bonchev–Trinajstić information content (AvgIpc) is 3.19. The molecule has 0 spiro atoms. The molecule has 0 fully saturated rings. The zero-order valence-electron chi connectivity index (χ0n) is 16.7. The van der Waals surface area contributed by atoms with E-state index in [1.165, 1.54) is 5.56 Å². The van der Waals surface area contributed by atoms with Gasteiger partial charge in [-0.1, -0.05) is 12.1 Å². The Hall–Kier alpha value is -3.54. The van der Waals surface area contributed by atoms with Crippen LogP contribution in [0.5, 0.6) is 5.75 Å². The van der Waals surface area contributed by atoms with Gasteiger partial charge in [-0.2, -0.15) is 0 Å². The van der Waals surface area contributed by atoms with Crippen LogP contribution in [0.15, 0.2) is 58.9 Å². The molecule has 0 saturated carbocycles. The third kappa shape index (κ3) is 3.61. The fraction of sp³-hybridized carbons (Fsp3) is 0.217. The smallest absolute Gasteiger partial charge is 0.374 e. The minimum atomic E-state index is -0.922. The van der Waals surface area contributed by atoms with Crippen molar-refractivity contribution in [2.75, 3.05) is 11.4 Å². The van der Waals surface area contributed by atoms with Crippen molar-refractivity contribution in [2.24, 2.45) is 0 Å². The monoisotopic (exact) mass is 391 g/mol. The predicted molar refractivity (Wildman–Crippen MR) is 111 cm³/mol. The summed E-state index contributed by atoms with van der Waals surface area (Å²) in [5.41, 5.74) is 4.68. The minimum Gasteiger partial charge on any atom is -0.477 e. The molecule has 148 valence electrons. The van der Waals surface area contributed by atoms with Crippen molar-refractivity contribution in [1.82, 2.24) is 0 Å². The summed E-state index contributed by atoms with van der Waals surface area (Å²) in [4.78, 5) is 13.4. The summed E-state index contributed by atoms with van der Waals surface area (Å²) in [6.45, 7) is 6.70. The number of aryl methyl sites for hydroxylation is 2. The lowest BCUT2D eigenvalue weighted by molar-refractivity contribution is -0.666. The van der Waals surface area contributed by atoms with E-state index in [-0.39, 0.29) is 6.54 Å². The zero-order chi connectivity index (χ0) is 20.5. The van der Waals surface area contributed by atoms with Crippen LogP contribution in [0.1, 0.15) is 23.9 Å². The van der Waals surface area contributed by atoms with E-state index in [9.17, 15) is 9.90 Å². The van der Waals surface area contributed by atoms with Crippen LogP contribution in [0.2, 0.25) is 0 Å². The van der Waals surface area contributed by atoms with Crippen molar-refractivity contribution in [3.8, 4) is 5.75 Å². The normalized spacial score (nSPS) is 14.7. The summed E-state index contributed by atoms with van der Waals surface area (Å²) < 4.78 is 13.5. The van der Waals surface area contributed by atoms with E-state index >= 15 is 0 Å². The highest BCUT2D eigenvalue weighted by molar-refractivity contribution is 5.72. The molecule has 1 aromatic heterocycles. The number of oxazole rings is 1. The second kappa shape index (κ2) is 7.47. The van der Waals surface area contributed by atoms with Crippen molar-refractivity contribution >= 4 is 28.8 Å². The number of carbonyl (C=O) groups is 1. The Morgan fingerprint density at radius 2 is 1.93 bits per heavy atom. The molecule has 6 heteroatoms. The van der Waals surface area contributed by atoms with Crippen LogP contribution < -0.4 is 14.2 Å². The third-order valence-electron chi connectivity index (χ3n) is 4.86. The van der Waals surface area contributed by atoms with Crippen LogP contribution in [0, 0.1) is 13.8 Å². The lowest BCUT2D eigenvalue weighted by Gasteiger charge is -2.15. The Balaban J connectivity index is 1.67. The number of carboxylic acid groups (broad SMARTS) is 1. The number of ether oxygens (including phenoxy) is 1. The number of fused-ring (bicyclic) bond motifs is 2. The van der Waals surface area contributed by atoms with Crippen LogP contribution in [-0.4, -0.2) is 17.6 Å². The highest BCUT2D eigenvalue weighted by Gasteiger charge is 2.25. The number of anilines is 1. The summed E-state index contributed by atoms with van der Waals surface area (Å²) in [5, 5.41) is 9.30. The van der Waals surface area contributed by atoms with Gasteiger partial charge in [0.2, 0.25) is 18.0 Å². The van der Waals surface area contributed by atoms with Crippen molar-refractivity contribution < 1.29 is 23.6 Å². The number of hydrogen-bond donors (Lipinski definition) is 1. The lowest BCUT2D eigenvalue weighted by Crippen LogP contribution is -2.39. The first-order chi connectivity index (χ1) is 14.0. The molecule has 6 nitrogen and oxygen atoms in total. The summed E-state index contributed by atoms with van der Waals surface area (Å²) in [7, 11) is 0. The van der Waals surface area contributed by atoms with Gasteiger partial charge < -0.3 is 19.2 Å². The van der Waals surface area contributed by atoms with Gasteiger partial charge in [0, 0.05) is 12.6 Å². The average molecular weight is 391 g/mol. The molecule has 3 aromatic rings. The van der Waals surface area contributed by atoms with Gasteiger partial charge in [0.25, 0.3) is 5.52 Å². The largest absolute Gasteiger partial charge is 0.477 e. The fourth-order valence-corrected chi connectivity index (χ4v) is 3.51. The molecule has 0 atom stereocenters. The summed E-state index contributed by atoms with van der Waals surface area (Å²) in [5.74, 6) is 1.10. The van der Waals surface area contributed by atoms with Crippen molar-refractivity contribution in [3.05, 3.63) is 71.5 Å². The van der Waals surface area contributed by atoms with E-state index < -0.39 is 5.97 Å². The molecule has 2 heterocycles. The molecule has 29 heavy (non-hydrogen) atoms. The number of hydrogen-bond acceptors (Lipinski definition) is 4. The predicted octanol–water partition coefficient (Wildman–Crippen LogP) is 4.20.